The van der Waals surface area contributed by atoms with Crippen molar-refractivity contribution in [2.75, 3.05) is 6.26 Å². The zero-order valence-corrected chi connectivity index (χ0v) is 13.2. The summed E-state index contributed by atoms with van der Waals surface area (Å²) in [6.07, 6.45) is 8.60. The van der Waals surface area contributed by atoms with Crippen LogP contribution in [0.3, 0.4) is 0 Å². The van der Waals surface area contributed by atoms with Crippen LogP contribution < -0.4 is 0 Å². The summed E-state index contributed by atoms with van der Waals surface area (Å²) in [4.78, 5) is 18.5. The Morgan fingerprint density at radius 2 is 2.10 bits per heavy atom. The second kappa shape index (κ2) is 5.12. The topological polar surface area (TPSA) is 72.3 Å². The minimum Gasteiger partial charge on any atom is -0.335 e. The molecule has 2 aliphatic rings. The summed E-state index contributed by atoms with van der Waals surface area (Å²) in [6, 6.07) is 0.605. The number of hydrogen-bond donors (Lipinski definition) is 0. The molecule has 0 bridgehead atoms. The van der Waals surface area contributed by atoms with Gasteiger partial charge in [-0.05, 0) is 38.5 Å². The van der Waals surface area contributed by atoms with Gasteiger partial charge in [-0.25, -0.2) is 13.4 Å². The molecule has 1 aromatic heterocycles. The molecule has 3 rings (SSSR count). The van der Waals surface area contributed by atoms with E-state index in [4.69, 9.17) is 0 Å². The second-order valence-electron chi connectivity index (χ2n) is 6.22. The first-order valence-corrected chi connectivity index (χ1v) is 9.29. The molecular weight excluding hydrogens is 290 g/mol. The highest BCUT2D eigenvalue weighted by molar-refractivity contribution is 7.90. The standard InChI is InChI=1S/C14H21N3O3S/c1-10(11-3-4-11)17(12-5-6-12)13(18)9-16-8-7-15-14(16)21(2,19)20/h7-8,10-12H,3-6,9H2,1-2H3. The lowest BCUT2D eigenvalue weighted by molar-refractivity contribution is -0.135. The molecule has 0 spiro atoms. The molecule has 1 heterocycles. The average Bonchev–Trinajstić information content (AvgIpc) is 3.27. The first kappa shape index (κ1) is 14.6. The van der Waals surface area contributed by atoms with Crippen molar-refractivity contribution >= 4 is 15.7 Å². The van der Waals surface area contributed by atoms with Crippen molar-refractivity contribution in [3.63, 3.8) is 0 Å². The Morgan fingerprint density at radius 3 is 2.62 bits per heavy atom. The second-order valence-corrected chi connectivity index (χ2v) is 8.13. The van der Waals surface area contributed by atoms with Crippen molar-refractivity contribution in [1.82, 2.24) is 14.5 Å². The molecule has 2 fully saturated rings. The van der Waals surface area contributed by atoms with Crippen molar-refractivity contribution in [3.05, 3.63) is 12.4 Å². The van der Waals surface area contributed by atoms with Crippen molar-refractivity contribution in [1.29, 1.82) is 0 Å². The summed E-state index contributed by atoms with van der Waals surface area (Å²) in [5, 5.41) is -0.0364. The number of aromatic nitrogens is 2. The van der Waals surface area contributed by atoms with E-state index in [1.54, 1.807) is 6.20 Å². The molecule has 0 radical (unpaired) electrons. The van der Waals surface area contributed by atoms with Crippen LogP contribution in [0.15, 0.2) is 17.6 Å². The van der Waals surface area contributed by atoms with Crippen LogP contribution in [0.4, 0.5) is 0 Å². The van der Waals surface area contributed by atoms with Gasteiger partial charge in [0.15, 0.2) is 0 Å². The number of amides is 1. The number of nitrogens with zero attached hydrogens (tertiary/aromatic N) is 3. The van der Waals surface area contributed by atoms with Gasteiger partial charge < -0.3 is 9.47 Å². The third kappa shape index (κ3) is 3.12. The quantitative estimate of drug-likeness (QED) is 0.788. The van der Waals surface area contributed by atoms with E-state index in [9.17, 15) is 13.2 Å². The molecule has 1 amide bonds. The van der Waals surface area contributed by atoms with Gasteiger partial charge in [-0.3, -0.25) is 4.79 Å². The van der Waals surface area contributed by atoms with Gasteiger partial charge >= 0.3 is 0 Å². The Labute approximate surface area is 125 Å². The lowest BCUT2D eigenvalue weighted by Gasteiger charge is -2.30. The van der Waals surface area contributed by atoms with E-state index >= 15 is 0 Å². The van der Waals surface area contributed by atoms with Crippen molar-refractivity contribution in [2.45, 2.75) is 56.4 Å². The van der Waals surface area contributed by atoms with E-state index in [0.717, 1.165) is 19.1 Å². The average molecular weight is 311 g/mol. The molecule has 1 atom stereocenters. The molecule has 116 valence electrons. The zero-order chi connectivity index (χ0) is 15.2. The van der Waals surface area contributed by atoms with E-state index in [1.165, 1.54) is 23.6 Å². The van der Waals surface area contributed by atoms with Crippen LogP contribution in [0.2, 0.25) is 0 Å². The van der Waals surface area contributed by atoms with E-state index in [0.29, 0.717) is 12.0 Å². The molecular formula is C14H21N3O3S. The van der Waals surface area contributed by atoms with Gasteiger partial charge in [0.1, 0.15) is 6.54 Å². The molecule has 1 unspecified atom stereocenters. The van der Waals surface area contributed by atoms with Crippen molar-refractivity contribution in [2.24, 2.45) is 5.92 Å². The fourth-order valence-electron chi connectivity index (χ4n) is 2.89. The summed E-state index contributed by atoms with van der Waals surface area (Å²) in [5.41, 5.74) is 0. The van der Waals surface area contributed by atoms with Gasteiger partial charge in [-0.1, -0.05) is 0 Å². The predicted molar refractivity (Wildman–Crippen MR) is 77.4 cm³/mol. The summed E-state index contributed by atoms with van der Waals surface area (Å²) in [7, 11) is -3.41. The minimum absolute atomic E-state index is 0.000185. The predicted octanol–water partition coefficient (Wildman–Crippen LogP) is 1.08. The highest BCUT2D eigenvalue weighted by atomic mass is 32.2. The largest absolute Gasteiger partial charge is 0.335 e. The molecule has 0 aromatic carbocycles. The van der Waals surface area contributed by atoms with E-state index in [-0.39, 0.29) is 23.7 Å². The number of sulfone groups is 1. The molecule has 6 nitrogen and oxygen atoms in total. The third-order valence-corrected chi connectivity index (χ3v) is 5.29. The molecule has 0 aliphatic heterocycles. The summed E-state index contributed by atoms with van der Waals surface area (Å²) in [5.74, 6) is 0.617. The molecule has 21 heavy (non-hydrogen) atoms. The van der Waals surface area contributed by atoms with Crippen LogP contribution in [0.5, 0.6) is 0 Å². The fourth-order valence-corrected chi connectivity index (χ4v) is 3.70. The molecule has 2 aliphatic carbocycles. The Bertz CT molecular complexity index is 644. The highest BCUT2D eigenvalue weighted by Crippen LogP contribution is 2.39. The van der Waals surface area contributed by atoms with Crippen LogP contribution in [-0.2, 0) is 21.2 Å². The maximum atomic E-state index is 12.6. The third-order valence-electron chi connectivity index (χ3n) is 4.29. The van der Waals surface area contributed by atoms with Gasteiger partial charge in [-0.2, -0.15) is 0 Å². The number of imidazole rings is 1. The van der Waals surface area contributed by atoms with Crippen LogP contribution in [0, 0.1) is 5.92 Å². The molecule has 0 saturated heterocycles. The minimum atomic E-state index is -3.41. The van der Waals surface area contributed by atoms with Gasteiger partial charge in [0.2, 0.25) is 20.9 Å². The maximum Gasteiger partial charge on any atom is 0.243 e. The smallest absolute Gasteiger partial charge is 0.243 e. The Balaban J connectivity index is 1.77. The SMILES string of the molecule is CC(C1CC1)N(C(=O)Cn1ccnc1S(C)(=O)=O)C1CC1. The van der Waals surface area contributed by atoms with Crippen LogP contribution in [0.1, 0.15) is 32.6 Å². The van der Waals surface area contributed by atoms with Crippen molar-refractivity contribution in [3.8, 4) is 0 Å². The number of carbonyl (C=O) groups excluding carboxylic acids is 1. The van der Waals surface area contributed by atoms with Crippen LogP contribution >= 0.6 is 0 Å². The summed E-state index contributed by atoms with van der Waals surface area (Å²) >= 11 is 0. The van der Waals surface area contributed by atoms with Gasteiger partial charge in [0.05, 0.1) is 0 Å². The first-order valence-electron chi connectivity index (χ1n) is 7.40. The first-order chi connectivity index (χ1) is 9.88. The fraction of sp³-hybridized carbons (Fsp3) is 0.714. The summed E-state index contributed by atoms with van der Waals surface area (Å²) < 4.78 is 24.7. The summed E-state index contributed by atoms with van der Waals surface area (Å²) in [6.45, 7) is 2.16. The van der Waals surface area contributed by atoms with E-state index in [1.807, 2.05) is 4.90 Å². The van der Waals surface area contributed by atoms with Crippen LogP contribution in [-0.4, -0.2) is 47.1 Å². The number of hydrogen-bond acceptors (Lipinski definition) is 4. The molecule has 2 saturated carbocycles. The lowest BCUT2D eigenvalue weighted by atomic mass is 10.1. The lowest BCUT2D eigenvalue weighted by Crippen LogP contribution is -2.43. The zero-order valence-electron chi connectivity index (χ0n) is 12.4. The Hall–Kier alpha value is -1.37. The van der Waals surface area contributed by atoms with E-state index in [2.05, 4.69) is 11.9 Å². The highest BCUT2D eigenvalue weighted by Gasteiger charge is 2.41. The van der Waals surface area contributed by atoms with Crippen molar-refractivity contribution < 1.29 is 13.2 Å². The van der Waals surface area contributed by atoms with Gasteiger partial charge in [0, 0.05) is 30.7 Å². The normalized spacial score (nSPS) is 20.3. The molecule has 1 aromatic rings. The monoisotopic (exact) mass is 311 g/mol. The Morgan fingerprint density at radius 1 is 1.43 bits per heavy atom. The van der Waals surface area contributed by atoms with E-state index < -0.39 is 9.84 Å². The number of rotatable bonds is 6. The van der Waals surface area contributed by atoms with Gasteiger partial charge in [-0.15, -0.1) is 0 Å². The molecule has 7 heteroatoms. The van der Waals surface area contributed by atoms with Gasteiger partial charge in [0.25, 0.3) is 0 Å². The maximum absolute atomic E-state index is 12.6. The molecule has 0 N–H and O–H groups in total. The Kier molecular flexibility index (Phi) is 3.55. The van der Waals surface area contributed by atoms with Crippen LogP contribution in [0.25, 0.3) is 0 Å². The number of carbonyl (C=O) groups is 1.